The molecule has 0 spiro atoms. The van der Waals surface area contributed by atoms with Gasteiger partial charge in [0.05, 0.1) is 13.5 Å². The van der Waals surface area contributed by atoms with Crippen molar-refractivity contribution in [1.29, 1.82) is 0 Å². The van der Waals surface area contributed by atoms with Gasteiger partial charge in [-0.3, -0.25) is 4.79 Å². The highest BCUT2D eigenvalue weighted by atomic mass is 16.5. The van der Waals surface area contributed by atoms with Crippen LogP contribution in [0, 0.1) is 0 Å². The number of aromatic nitrogens is 1. The topological polar surface area (TPSA) is 68.1 Å². The van der Waals surface area contributed by atoms with Crippen LogP contribution < -0.4 is 5.73 Å². The van der Waals surface area contributed by atoms with Crippen molar-refractivity contribution in [2.24, 2.45) is 0 Å². The number of methoxy groups -OCH3 is 1. The summed E-state index contributed by atoms with van der Waals surface area (Å²) in [5, 5.41) is 1.01. The maximum atomic E-state index is 11.1. The van der Waals surface area contributed by atoms with E-state index in [9.17, 15) is 4.79 Å². The number of aromatic amines is 1. The molecule has 0 aliphatic heterocycles. The monoisotopic (exact) mass is 204 g/mol. The Morgan fingerprint density at radius 1 is 1.47 bits per heavy atom. The molecule has 0 aliphatic rings. The molecule has 0 saturated carbocycles. The number of rotatable bonds is 2. The molecule has 78 valence electrons. The zero-order valence-electron chi connectivity index (χ0n) is 8.41. The van der Waals surface area contributed by atoms with Crippen LogP contribution in [0.3, 0.4) is 0 Å². The fourth-order valence-electron chi connectivity index (χ4n) is 1.55. The number of ether oxygens (including phenoxy) is 1. The highest BCUT2D eigenvalue weighted by molar-refractivity contribution is 5.85. The van der Waals surface area contributed by atoms with E-state index in [-0.39, 0.29) is 12.4 Å². The van der Waals surface area contributed by atoms with E-state index in [2.05, 4.69) is 9.72 Å². The largest absolute Gasteiger partial charge is 0.469 e. The van der Waals surface area contributed by atoms with Crippen molar-refractivity contribution >= 4 is 22.7 Å². The maximum Gasteiger partial charge on any atom is 0.309 e. The third-order valence-electron chi connectivity index (χ3n) is 2.28. The van der Waals surface area contributed by atoms with Crippen LogP contribution in [-0.2, 0) is 16.0 Å². The van der Waals surface area contributed by atoms with E-state index in [4.69, 9.17) is 5.73 Å². The first-order valence-electron chi connectivity index (χ1n) is 4.63. The number of H-pyrrole nitrogens is 1. The lowest BCUT2D eigenvalue weighted by Crippen LogP contribution is -2.03. The van der Waals surface area contributed by atoms with Crippen molar-refractivity contribution < 1.29 is 9.53 Å². The normalized spacial score (nSPS) is 10.5. The summed E-state index contributed by atoms with van der Waals surface area (Å²) < 4.78 is 4.60. The fourth-order valence-corrected chi connectivity index (χ4v) is 1.55. The Morgan fingerprint density at radius 3 is 3.00 bits per heavy atom. The SMILES string of the molecule is COC(=O)Cc1ccc2[nH]c(N)cc2c1. The predicted molar refractivity (Wildman–Crippen MR) is 58.4 cm³/mol. The van der Waals surface area contributed by atoms with Crippen LogP contribution in [0.1, 0.15) is 5.56 Å². The highest BCUT2D eigenvalue weighted by Gasteiger charge is 2.04. The van der Waals surface area contributed by atoms with Crippen LogP contribution in [0.25, 0.3) is 10.9 Å². The molecule has 1 aromatic heterocycles. The average molecular weight is 204 g/mol. The number of esters is 1. The molecule has 4 nitrogen and oxygen atoms in total. The second-order valence-corrected chi connectivity index (χ2v) is 3.40. The standard InChI is InChI=1S/C11H12N2O2/c1-15-11(14)5-7-2-3-9-8(4-7)6-10(12)13-9/h2-4,6,13H,5,12H2,1H3. The molecule has 0 saturated heterocycles. The van der Waals surface area contributed by atoms with Gasteiger partial charge in [0.25, 0.3) is 0 Å². The van der Waals surface area contributed by atoms with Gasteiger partial charge < -0.3 is 15.5 Å². The van der Waals surface area contributed by atoms with Gasteiger partial charge >= 0.3 is 5.97 Å². The van der Waals surface area contributed by atoms with Crippen LogP contribution in [0.2, 0.25) is 0 Å². The van der Waals surface area contributed by atoms with Gasteiger partial charge in [-0.05, 0) is 23.8 Å². The number of hydrogen-bond donors (Lipinski definition) is 2. The summed E-state index contributed by atoms with van der Waals surface area (Å²) >= 11 is 0. The molecular formula is C11H12N2O2. The van der Waals surface area contributed by atoms with Gasteiger partial charge in [-0.15, -0.1) is 0 Å². The molecule has 0 unspecified atom stereocenters. The van der Waals surface area contributed by atoms with Crippen molar-refractivity contribution in [2.45, 2.75) is 6.42 Å². The summed E-state index contributed by atoms with van der Waals surface area (Å²) in [6.07, 6.45) is 0.289. The Balaban J connectivity index is 2.33. The van der Waals surface area contributed by atoms with Crippen LogP contribution in [-0.4, -0.2) is 18.1 Å². The third kappa shape index (κ3) is 1.93. The molecule has 0 atom stereocenters. The molecule has 0 radical (unpaired) electrons. The number of anilines is 1. The molecule has 4 heteroatoms. The van der Waals surface area contributed by atoms with Crippen molar-refractivity contribution in [3.05, 3.63) is 29.8 Å². The van der Waals surface area contributed by atoms with Gasteiger partial charge in [0.15, 0.2) is 0 Å². The van der Waals surface area contributed by atoms with Crippen LogP contribution in [0.15, 0.2) is 24.3 Å². The van der Waals surface area contributed by atoms with E-state index < -0.39 is 0 Å². The predicted octanol–water partition coefficient (Wildman–Crippen LogP) is 1.47. The van der Waals surface area contributed by atoms with Crippen molar-refractivity contribution in [2.75, 3.05) is 12.8 Å². The van der Waals surface area contributed by atoms with E-state index >= 15 is 0 Å². The summed E-state index contributed by atoms with van der Waals surface area (Å²) in [5.74, 6) is 0.387. The van der Waals surface area contributed by atoms with Gasteiger partial charge in [0.1, 0.15) is 5.82 Å². The molecule has 2 aromatic rings. The number of carbonyl (C=O) groups excluding carboxylic acids is 1. The summed E-state index contributed by atoms with van der Waals surface area (Å²) in [7, 11) is 1.38. The first kappa shape index (κ1) is 9.58. The van der Waals surface area contributed by atoms with Gasteiger partial charge in [-0.25, -0.2) is 0 Å². The number of nitrogens with one attached hydrogen (secondary N) is 1. The number of nitrogen functional groups attached to an aromatic ring is 1. The van der Waals surface area contributed by atoms with Gasteiger partial charge in [0, 0.05) is 10.9 Å². The van der Waals surface area contributed by atoms with Crippen molar-refractivity contribution in [3.63, 3.8) is 0 Å². The second kappa shape index (κ2) is 3.65. The first-order valence-corrected chi connectivity index (χ1v) is 4.63. The van der Waals surface area contributed by atoms with E-state index in [1.54, 1.807) is 0 Å². The van der Waals surface area contributed by atoms with Crippen molar-refractivity contribution in [1.82, 2.24) is 4.98 Å². The van der Waals surface area contributed by atoms with E-state index in [1.807, 2.05) is 24.3 Å². The Kier molecular flexibility index (Phi) is 2.33. The molecule has 0 amide bonds. The van der Waals surface area contributed by atoms with Crippen LogP contribution in [0.4, 0.5) is 5.82 Å². The van der Waals surface area contributed by atoms with E-state index in [0.29, 0.717) is 5.82 Å². The molecule has 2 rings (SSSR count). The molecule has 0 aliphatic carbocycles. The number of fused-ring (bicyclic) bond motifs is 1. The first-order chi connectivity index (χ1) is 7.19. The van der Waals surface area contributed by atoms with Crippen LogP contribution in [0.5, 0.6) is 0 Å². The minimum Gasteiger partial charge on any atom is -0.469 e. The number of carbonyl (C=O) groups is 1. The lowest BCUT2D eigenvalue weighted by atomic mass is 10.1. The zero-order valence-corrected chi connectivity index (χ0v) is 8.41. The lowest BCUT2D eigenvalue weighted by molar-refractivity contribution is -0.139. The van der Waals surface area contributed by atoms with Gasteiger partial charge in [-0.1, -0.05) is 6.07 Å². The third-order valence-corrected chi connectivity index (χ3v) is 2.28. The Morgan fingerprint density at radius 2 is 2.27 bits per heavy atom. The highest BCUT2D eigenvalue weighted by Crippen LogP contribution is 2.18. The number of hydrogen-bond acceptors (Lipinski definition) is 3. The lowest BCUT2D eigenvalue weighted by Gasteiger charge is -1.99. The molecule has 0 bridgehead atoms. The van der Waals surface area contributed by atoms with Crippen LogP contribution >= 0.6 is 0 Å². The molecular weight excluding hydrogens is 192 g/mol. The van der Waals surface area contributed by atoms with E-state index in [0.717, 1.165) is 16.5 Å². The summed E-state index contributed by atoms with van der Waals surface area (Å²) in [6, 6.07) is 7.56. The van der Waals surface area contributed by atoms with E-state index in [1.165, 1.54) is 7.11 Å². The Hall–Kier alpha value is -1.97. The minimum atomic E-state index is -0.238. The summed E-state index contributed by atoms with van der Waals surface area (Å²) in [4.78, 5) is 14.1. The molecule has 1 heterocycles. The minimum absolute atomic E-state index is 0.238. The number of nitrogens with two attached hydrogens (primary N) is 1. The smallest absolute Gasteiger partial charge is 0.309 e. The molecule has 3 N–H and O–H groups in total. The number of benzene rings is 1. The summed E-state index contributed by atoms with van der Waals surface area (Å²) in [6.45, 7) is 0. The Labute approximate surface area is 87.0 Å². The zero-order chi connectivity index (χ0) is 10.8. The van der Waals surface area contributed by atoms with Gasteiger partial charge in [0.2, 0.25) is 0 Å². The quantitative estimate of drug-likeness (QED) is 0.728. The Bertz CT molecular complexity index is 502. The molecule has 0 fully saturated rings. The fraction of sp³-hybridized carbons (Fsp3) is 0.182. The van der Waals surface area contributed by atoms with Crippen molar-refractivity contribution in [3.8, 4) is 0 Å². The molecule has 1 aromatic carbocycles. The second-order valence-electron chi connectivity index (χ2n) is 3.40. The average Bonchev–Trinajstić information content (AvgIpc) is 2.57. The van der Waals surface area contributed by atoms with Gasteiger partial charge in [-0.2, -0.15) is 0 Å². The summed E-state index contributed by atoms with van der Waals surface area (Å²) in [5.41, 5.74) is 7.52. The molecule has 15 heavy (non-hydrogen) atoms. The maximum absolute atomic E-state index is 11.1.